The predicted molar refractivity (Wildman–Crippen MR) is 137 cm³/mol. The molecule has 2 amide bonds. The Balaban J connectivity index is 1.83. The summed E-state index contributed by atoms with van der Waals surface area (Å²) in [7, 11) is 0. The quantitative estimate of drug-likeness (QED) is 0.411. The lowest BCUT2D eigenvalue weighted by Crippen LogP contribution is -2.52. The number of amides is 2. The molecule has 0 unspecified atom stereocenters. The summed E-state index contributed by atoms with van der Waals surface area (Å²) in [6.45, 7) is 4.14. The highest BCUT2D eigenvalue weighted by atomic mass is 32.2. The van der Waals surface area contributed by atoms with E-state index in [1.165, 1.54) is 17.8 Å². The smallest absolute Gasteiger partial charge is 0.243 e. The van der Waals surface area contributed by atoms with Crippen molar-refractivity contribution in [3.05, 3.63) is 107 Å². The second kappa shape index (κ2) is 12.9. The summed E-state index contributed by atoms with van der Waals surface area (Å²) in [4.78, 5) is 28.4. The van der Waals surface area contributed by atoms with E-state index in [-0.39, 0.29) is 29.4 Å². The van der Waals surface area contributed by atoms with Crippen molar-refractivity contribution in [1.82, 2.24) is 10.2 Å². The minimum atomic E-state index is -0.661. The van der Waals surface area contributed by atoms with E-state index in [2.05, 4.69) is 5.32 Å². The van der Waals surface area contributed by atoms with Crippen LogP contribution in [0.25, 0.3) is 0 Å². The molecule has 0 saturated heterocycles. The number of carbonyl (C=O) groups excluding carboxylic acids is 2. The number of hydrogen-bond donors (Lipinski definition) is 1. The zero-order valence-corrected chi connectivity index (χ0v) is 20.4. The van der Waals surface area contributed by atoms with Gasteiger partial charge >= 0.3 is 0 Å². The zero-order valence-electron chi connectivity index (χ0n) is 19.6. The van der Waals surface area contributed by atoms with Crippen molar-refractivity contribution in [2.45, 2.75) is 44.6 Å². The average molecular weight is 479 g/mol. The molecule has 0 aliphatic rings. The minimum absolute atomic E-state index is 0.0464. The molecule has 3 aromatic carbocycles. The number of thioether (sulfide) groups is 1. The number of rotatable bonds is 11. The summed E-state index contributed by atoms with van der Waals surface area (Å²) < 4.78 is 14.0. The van der Waals surface area contributed by atoms with E-state index in [9.17, 15) is 14.0 Å². The third kappa shape index (κ3) is 7.73. The summed E-state index contributed by atoms with van der Waals surface area (Å²) >= 11 is 1.35. The number of benzene rings is 3. The Hall–Kier alpha value is -3.12. The van der Waals surface area contributed by atoms with Crippen molar-refractivity contribution in [2.75, 3.05) is 5.75 Å². The first-order valence-corrected chi connectivity index (χ1v) is 12.6. The standard InChI is InChI=1S/C28H31FN2O2S/c1-21(2)30-28(33)26(17-22-11-5-3-6-12-22)31(18-23-13-7-4-8-14-23)27(32)20-34-19-24-15-9-10-16-25(24)29/h3-16,21,26H,17-20H2,1-2H3,(H,30,33)/t26-/m1/s1. The summed E-state index contributed by atoms with van der Waals surface area (Å²) in [5, 5.41) is 2.98. The van der Waals surface area contributed by atoms with Crippen LogP contribution in [0.3, 0.4) is 0 Å². The van der Waals surface area contributed by atoms with Crippen LogP contribution in [0, 0.1) is 5.82 Å². The topological polar surface area (TPSA) is 49.4 Å². The van der Waals surface area contributed by atoms with Crippen molar-refractivity contribution < 1.29 is 14.0 Å². The van der Waals surface area contributed by atoms with Gasteiger partial charge in [0.1, 0.15) is 11.9 Å². The lowest BCUT2D eigenvalue weighted by molar-refractivity contribution is -0.139. The molecule has 1 atom stereocenters. The third-order valence-electron chi connectivity index (χ3n) is 5.34. The van der Waals surface area contributed by atoms with Gasteiger partial charge in [-0.3, -0.25) is 9.59 Å². The molecular weight excluding hydrogens is 447 g/mol. The van der Waals surface area contributed by atoms with Gasteiger partial charge in [0, 0.05) is 24.8 Å². The first-order chi connectivity index (χ1) is 16.4. The molecule has 0 aliphatic carbocycles. The summed E-state index contributed by atoms with van der Waals surface area (Å²) in [6, 6.07) is 25.3. The fraction of sp³-hybridized carbons (Fsp3) is 0.286. The number of halogens is 1. The molecule has 34 heavy (non-hydrogen) atoms. The number of nitrogens with one attached hydrogen (secondary N) is 1. The molecule has 0 bridgehead atoms. The van der Waals surface area contributed by atoms with Crippen LogP contribution in [0.4, 0.5) is 4.39 Å². The van der Waals surface area contributed by atoms with Crippen LogP contribution in [0.1, 0.15) is 30.5 Å². The van der Waals surface area contributed by atoms with Crippen molar-refractivity contribution >= 4 is 23.6 Å². The van der Waals surface area contributed by atoms with Crippen LogP contribution >= 0.6 is 11.8 Å². The van der Waals surface area contributed by atoms with Gasteiger partial charge in [0.15, 0.2) is 0 Å². The highest BCUT2D eigenvalue weighted by Crippen LogP contribution is 2.19. The van der Waals surface area contributed by atoms with Crippen LogP contribution in [-0.2, 0) is 28.3 Å². The maximum atomic E-state index is 14.0. The van der Waals surface area contributed by atoms with Crippen molar-refractivity contribution in [3.63, 3.8) is 0 Å². The fourth-order valence-electron chi connectivity index (χ4n) is 3.66. The first-order valence-electron chi connectivity index (χ1n) is 11.4. The highest BCUT2D eigenvalue weighted by molar-refractivity contribution is 7.99. The van der Waals surface area contributed by atoms with E-state index in [1.807, 2.05) is 74.5 Å². The van der Waals surface area contributed by atoms with Gasteiger partial charge in [-0.15, -0.1) is 11.8 Å². The van der Waals surface area contributed by atoms with E-state index in [0.29, 0.717) is 24.3 Å². The second-order valence-electron chi connectivity index (χ2n) is 8.46. The summed E-state index contributed by atoms with van der Waals surface area (Å²) in [5.41, 5.74) is 2.50. The van der Waals surface area contributed by atoms with Gasteiger partial charge in [-0.05, 0) is 36.6 Å². The second-order valence-corrected chi connectivity index (χ2v) is 9.45. The maximum absolute atomic E-state index is 14.0. The molecule has 0 aliphatic heterocycles. The van der Waals surface area contributed by atoms with Gasteiger partial charge in [-0.25, -0.2) is 4.39 Å². The molecule has 0 radical (unpaired) electrons. The molecule has 1 N–H and O–H groups in total. The Morgan fingerprint density at radius 2 is 1.47 bits per heavy atom. The van der Waals surface area contributed by atoms with Gasteiger partial charge in [-0.1, -0.05) is 78.9 Å². The molecule has 3 rings (SSSR count). The van der Waals surface area contributed by atoms with E-state index in [1.54, 1.807) is 23.1 Å². The lowest BCUT2D eigenvalue weighted by atomic mass is 10.0. The molecule has 3 aromatic rings. The van der Waals surface area contributed by atoms with E-state index in [4.69, 9.17) is 0 Å². The molecular formula is C28H31FN2O2S. The largest absolute Gasteiger partial charge is 0.352 e. The Bertz CT molecular complexity index is 1060. The van der Waals surface area contributed by atoms with Gasteiger partial charge in [0.2, 0.25) is 11.8 Å². The van der Waals surface area contributed by atoms with Crippen molar-refractivity contribution in [1.29, 1.82) is 0 Å². The van der Waals surface area contributed by atoms with Gasteiger partial charge in [0.05, 0.1) is 5.75 Å². The number of nitrogens with zero attached hydrogens (tertiary/aromatic N) is 1. The first kappa shape index (κ1) is 25.5. The molecule has 6 heteroatoms. The molecule has 0 heterocycles. The van der Waals surface area contributed by atoms with Crippen molar-refractivity contribution in [3.8, 4) is 0 Å². The SMILES string of the molecule is CC(C)NC(=O)[C@@H](Cc1ccccc1)N(Cc1ccccc1)C(=O)CSCc1ccccc1F. The van der Waals surface area contributed by atoms with Crippen LogP contribution in [0.15, 0.2) is 84.9 Å². The van der Waals surface area contributed by atoms with Gasteiger partial charge in [0.25, 0.3) is 0 Å². The normalized spacial score (nSPS) is 11.8. The van der Waals surface area contributed by atoms with Gasteiger partial charge < -0.3 is 10.2 Å². The molecule has 0 spiro atoms. The van der Waals surface area contributed by atoms with Crippen LogP contribution < -0.4 is 5.32 Å². The summed E-state index contributed by atoms with van der Waals surface area (Å²) in [6.07, 6.45) is 0.413. The Morgan fingerprint density at radius 3 is 2.09 bits per heavy atom. The molecule has 0 saturated carbocycles. The maximum Gasteiger partial charge on any atom is 0.243 e. The minimum Gasteiger partial charge on any atom is -0.352 e. The van der Waals surface area contributed by atoms with E-state index < -0.39 is 6.04 Å². The van der Waals surface area contributed by atoms with Crippen LogP contribution in [-0.4, -0.2) is 34.6 Å². The van der Waals surface area contributed by atoms with E-state index >= 15 is 0 Å². The molecule has 0 aromatic heterocycles. The highest BCUT2D eigenvalue weighted by Gasteiger charge is 2.30. The van der Waals surface area contributed by atoms with E-state index in [0.717, 1.165) is 11.1 Å². The fourth-order valence-corrected chi connectivity index (χ4v) is 4.56. The predicted octanol–water partition coefficient (Wildman–Crippen LogP) is 5.22. The Kier molecular flexibility index (Phi) is 9.71. The molecule has 0 fully saturated rings. The molecule has 178 valence electrons. The average Bonchev–Trinajstić information content (AvgIpc) is 2.83. The third-order valence-corrected chi connectivity index (χ3v) is 6.30. The molecule has 4 nitrogen and oxygen atoms in total. The number of hydrogen-bond acceptors (Lipinski definition) is 3. The van der Waals surface area contributed by atoms with Gasteiger partial charge in [-0.2, -0.15) is 0 Å². The zero-order chi connectivity index (χ0) is 24.3. The van der Waals surface area contributed by atoms with Crippen LogP contribution in [0.5, 0.6) is 0 Å². The van der Waals surface area contributed by atoms with Crippen molar-refractivity contribution in [2.24, 2.45) is 0 Å². The lowest BCUT2D eigenvalue weighted by Gasteiger charge is -2.32. The monoisotopic (exact) mass is 478 g/mol. The summed E-state index contributed by atoms with van der Waals surface area (Å²) in [5.74, 6) is -0.0605. The van der Waals surface area contributed by atoms with Crippen LogP contribution in [0.2, 0.25) is 0 Å². The Labute approximate surface area is 205 Å². The number of carbonyl (C=O) groups is 2. The Morgan fingerprint density at radius 1 is 0.882 bits per heavy atom.